The van der Waals surface area contributed by atoms with Gasteiger partial charge in [-0.25, -0.2) is 0 Å². The maximum atomic E-state index is 14.0. The molecule has 2 heterocycles. The van der Waals surface area contributed by atoms with E-state index in [2.05, 4.69) is 54.2 Å². The summed E-state index contributed by atoms with van der Waals surface area (Å²) < 4.78 is 0. The van der Waals surface area contributed by atoms with E-state index in [4.69, 9.17) is 0 Å². The number of hydrogen-bond donors (Lipinski definition) is 3. The minimum absolute atomic E-state index is 0.0456. The number of carbonyl (C=O) groups is 2. The first-order valence-electron chi connectivity index (χ1n) is 15.9. The largest absolute Gasteiger partial charge is 0.394 e. The Labute approximate surface area is 261 Å². The third-order valence-corrected chi connectivity index (χ3v) is 8.77. The van der Waals surface area contributed by atoms with Crippen LogP contribution in [0.3, 0.4) is 0 Å². The number of Topliss-reactive ketones (excluding diaryl/α,β-unsaturated/α-hetero) is 1. The van der Waals surface area contributed by atoms with Crippen LogP contribution in [0.1, 0.15) is 67.1 Å². The zero-order valence-electron chi connectivity index (χ0n) is 26.2. The molecule has 0 aliphatic carbocycles. The van der Waals surface area contributed by atoms with Crippen LogP contribution in [0.15, 0.2) is 90.6 Å². The zero-order valence-corrected chi connectivity index (χ0v) is 26.2. The molecule has 0 saturated carbocycles. The van der Waals surface area contributed by atoms with Crippen LogP contribution in [-0.2, 0) is 24.1 Å². The molecular weight excluding hydrogens is 546 g/mol. The maximum Gasteiger partial charge on any atom is 0.243 e. The number of nitrogens with one attached hydrogen (secondary N) is 2. The molecule has 0 radical (unpaired) electrons. The van der Waals surface area contributed by atoms with Crippen LogP contribution in [0.5, 0.6) is 0 Å². The van der Waals surface area contributed by atoms with E-state index in [1.54, 1.807) is 0 Å². The van der Waals surface area contributed by atoms with Gasteiger partial charge in [-0.05, 0) is 74.3 Å². The highest BCUT2D eigenvalue weighted by molar-refractivity contribution is 6.12. The number of aromatic amines is 1. The van der Waals surface area contributed by atoms with Gasteiger partial charge in [-0.1, -0.05) is 79.2 Å². The Morgan fingerprint density at radius 2 is 1.70 bits per heavy atom. The van der Waals surface area contributed by atoms with Crippen LogP contribution in [0.2, 0.25) is 0 Å². The van der Waals surface area contributed by atoms with Crippen molar-refractivity contribution >= 4 is 28.3 Å². The number of nitrogens with zero attached hydrogens (tertiary/aromatic N) is 1. The van der Waals surface area contributed by atoms with Crippen LogP contribution in [-0.4, -0.2) is 47.0 Å². The average Bonchev–Trinajstić information content (AvgIpc) is 3.45. The van der Waals surface area contributed by atoms with Crippen molar-refractivity contribution in [3.05, 3.63) is 113 Å². The molecule has 0 saturated heterocycles. The summed E-state index contributed by atoms with van der Waals surface area (Å²) in [7, 11) is 0. The number of ketones is 1. The average molecular weight is 592 g/mol. The predicted octanol–water partition coefficient (Wildman–Crippen LogP) is 6.82. The summed E-state index contributed by atoms with van der Waals surface area (Å²) in [6.45, 7) is 7.08. The first-order chi connectivity index (χ1) is 21.3. The van der Waals surface area contributed by atoms with E-state index in [-0.39, 0.29) is 18.3 Å². The number of allylic oxidation sites excluding steroid dienone is 2. The molecule has 0 unspecified atom stereocenters. The lowest BCUT2D eigenvalue weighted by atomic mass is 9.95. The second-order valence-electron chi connectivity index (χ2n) is 12.5. The minimum atomic E-state index is -0.480. The minimum Gasteiger partial charge on any atom is -0.394 e. The molecule has 0 spiro atoms. The molecule has 1 aliphatic heterocycles. The lowest BCUT2D eigenvalue weighted by Crippen LogP contribution is -2.52. The summed E-state index contributed by atoms with van der Waals surface area (Å²) in [5.41, 5.74) is 6.77. The Balaban J connectivity index is 1.58. The van der Waals surface area contributed by atoms with Crippen molar-refractivity contribution in [2.75, 3.05) is 18.1 Å². The first kappa shape index (κ1) is 31.3. The van der Waals surface area contributed by atoms with E-state index >= 15 is 0 Å². The number of aliphatic hydroxyl groups excluding tert-OH is 1. The topological polar surface area (TPSA) is 85.4 Å². The summed E-state index contributed by atoms with van der Waals surface area (Å²) in [4.78, 5) is 33.4. The Hall–Kier alpha value is -4.16. The van der Waals surface area contributed by atoms with Crippen molar-refractivity contribution in [2.24, 2.45) is 5.92 Å². The van der Waals surface area contributed by atoms with Gasteiger partial charge in [0.25, 0.3) is 0 Å². The van der Waals surface area contributed by atoms with E-state index in [0.29, 0.717) is 37.3 Å². The molecule has 1 aromatic heterocycles. The fraction of sp³-hybridized carbons (Fsp3) is 0.368. The third-order valence-electron chi connectivity index (χ3n) is 8.77. The van der Waals surface area contributed by atoms with Gasteiger partial charge in [0.2, 0.25) is 5.91 Å². The molecule has 5 rings (SSSR count). The van der Waals surface area contributed by atoms with E-state index in [1.807, 2.05) is 66.9 Å². The molecule has 44 heavy (non-hydrogen) atoms. The Morgan fingerprint density at radius 3 is 2.39 bits per heavy atom. The summed E-state index contributed by atoms with van der Waals surface area (Å²) in [5.74, 6) is 0.428. The number of aliphatic hydroxyl groups is 1. The van der Waals surface area contributed by atoms with Gasteiger partial charge < -0.3 is 20.3 Å². The van der Waals surface area contributed by atoms with Gasteiger partial charge in [0.1, 0.15) is 6.04 Å². The molecular formula is C38H45N3O3. The fourth-order valence-corrected chi connectivity index (χ4v) is 6.32. The molecule has 4 aromatic rings. The number of anilines is 1. The highest BCUT2D eigenvalue weighted by atomic mass is 16.3. The third kappa shape index (κ3) is 7.48. The van der Waals surface area contributed by atoms with Crippen molar-refractivity contribution in [3.8, 4) is 0 Å². The van der Waals surface area contributed by atoms with Gasteiger partial charge in [0, 0.05) is 42.2 Å². The van der Waals surface area contributed by atoms with Gasteiger partial charge in [0.05, 0.1) is 18.2 Å². The monoisotopic (exact) mass is 591 g/mol. The van der Waals surface area contributed by atoms with Crippen molar-refractivity contribution in [3.63, 3.8) is 0 Å². The number of hydrogen-bond acceptors (Lipinski definition) is 4. The SMILES string of the molecule is CC(C)=CCC[C@H](C)CCN1c2ccc(C(=O)Cc3ccccc3)c3[nH]cc(c23)C[C@@H](CO)NC(=O)[C@@H]1Cc1ccccc1. The van der Waals surface area contributed by atoms with E-state index in [0.717, 1.165) is 52.5 Å². The number of rotatable bonds is 12. The fourth-order valence-electron chi connectivity index (χ4n) is 6.32. The number of aromatic nitrogens is 1. The smallest absolute Gasteiger partial charge is 0.243 e. The summed E-state index contributed by atoms with van der Waals surface area (Å²) >= 11 is 0. The highest BCUT2D eigenvalue weighted by Gasteiger charge is 2.33. The quantitative estimate of drug-likeness (QED) is 0.125. The van der Waals surface area contributed by atoms with Gasteiger partial charge in [-0.15, -0.1) is 0 Å². The van der Waals surface area contributed by atoms with Gasteiger partial charge >= 0.3 is 0 Å². The molecule has 3 atom stereocenters. The number of benzene rings is 3. The maximum absolute atomic E-state index is 14.0. The highest BCUT2D eigenvalue weighted by Crippen LogP contribution is 2.36. The summed E-state index contributed by atoms with van der Waals surface area (Å²) in [5, 5.41) is 14.4. The Morgan fingerprint density at radius 1 is 1.00 bits per heavy atom. The summed E-state index contributed by atoms with van der Waals surface area (Å²) in [6.07, 6.45) is 8.60. The molecule has 0 bridgehead atoms. The second-order valence-corrected chi connectivity index (χ2v) is 12.5. The summed E-state index contributed by atoms with van der Waals surface area (Å²) in [6, 6.07) is 23.0. The zero-order chi connectivity index (χ0) is 31.1. The van der Waals surface area contributed by atoms with Crippen molar-refractivity contribution in [1.29, 1.82) is 0 Å². The lowest BCUT2D eigenvalue weighted by molar-refractivity contribution is -0.123. The van der Waals surface area contributed by atoms with Crippen LogP contribution in [0.4, 0.5) is 5.69 Å². The Bertz CT molecular complexity index is 1590. The number of H-pyrrole nitrogens is 1. The molecule has 230 valence electrons. The number of amides is 1. The molecule has 3 N–H and O–H groups in total. The first-order valence-corrected chi connectivity index (χ1v) is 15.9. The number of carbonyl (C=O) groups excluding carboxylic acids is 2. The van der Waals surface area contributed by atoms with Crippen LogP contribution in [0, 0.1) is 5.92 Å². The van der Waals surface area contributed by atoms with Crippen molar-refractivity contribution in [1.82, 2.24) is 10.3 Å². The molecule has 3 aromatic carbocycles. The predicted molar refractivity (Wildman–Crippen MR) is 179 cm³/mol. The molecule has 6 heteroatoms. The van der Waals surface area contributed by atoms with E-state index in [9.17, 15) is 14.7 Å². The van der Waals surface area contributed by atoms with Gasteiger partial charge in [0.15, 0.2) is 5.78 Å². The van der Waals surface area contributed by atoms with Crippen LogP contribution < -0.4 is 10.2 Å². The van der Waals surface area contributed by atoms with Crippen molar-refractivity contribution in [2.45, 2.75) is 71.4 Å². The normalized spacial score (nSPS) is 17.4. The van der Waals surface area contributed by atoms with Crippen molar-refractivity contribution < 1.29 is 14.7 Å². The van der Waals surface area contributed by atoms with Crippen LogP contribution in [0.25, 0.3) is 10.9 Å². The van der Waals surface area contributed by atoms with E-state index in [1.165, 1.54) is 5.57 Å². The Kier molecular flexibility index (Phi) is 10.3. The second kappa shape index (κ2) is 14.5. The molecule has 0 fully saturated rings. The lowest BCUT2D eigenvalue weighted by Gasteiger charge is -2.34. The molecule has 1 aliphatic rings. The standard InChI is InChI=1S/C38H45N3O3/c1-26(2)11-10-12-27(3)19-20-41-33-18-17-32(35(43)22-29-15-8-5-9-16-29)37-36(33)30(24-39-37)23-31(25-42)40-38(44)34(41)21-28-13-6-4-7-14-28/h4-9,11,13-18,24,27,31,34,39,42H,10,12,19-23,25H2,1-3H3,(H,40,44)/t27-,31-,34-/m0/s1. The molecule has 6 nitrogen and oxygen atoms in total. The van der Waals surface area contributed by atoms with Gasteiger partial charge in [-0.3, -0.25) is 9.59 Å². The van der Waals surface area contributed by atoms with E-state index < -0.39 is 12.1 Å². The van der Waals surface area contributed by atoms with Gasteiger partial charge in [-0.2, -0.15) is 0 Å². The molecule has 1 amide bonds. The van der Waals surface area contributed by atoms with Crippen LogP contribution >= 0.6 is 0 Å².